The summed E-state index contributed by atoms with van der Waals surface area (Å²) in [5, 5.41) is 14.2. The first kappa shape index (κ1) is 21.0. The number of carbonyl (C=O) groups is 1. The van der Waals surface area contributed by atoms with Gasteiger partial charge in [0, 0.05) is 23.2 Å². The number of para-hydroxylation sites is 2. The minimum absolute atomic E-state index is 0.0651. The lowest BCUT2D eigenvalue weighted by molar-refractivity contribution is 0.0995. The first-order chi connectivity index (χ1) is 14.9. The van der Waals surface area contributed by atoms with Gasteiger partial charge in [-0.25, -0.2) is 0 Å². The van der Waals surface area contributed by atoms with Crippen molar-refractivity contribution < 1.29 is 9.53 Å². The number of amides is 1. The number of halogens is 1. The Kier molecular flexibility index (Phi) is 6.01. The van der Waals surface area contributed by atoms with E-state index in [0.29, 0.717) is 11.4 Å². The minimum atomic E-state index is -0.733. The number of carbonyl (C=O) groups excluding carboxylic acids is 1. The molecular weight excluding hydrogens is 462 g/mol. The summed E-state index contributed by atoms with van der Waals surface area (Å²) in [6.07, 6.45) is 0.991. The predicted octanol–water partition coefficient (Wildman–Crippen LogP) is 3.22. The molecule has 0 radical (unpaired) electrons. The predicted molar refractivity (Wildman–Crippen MR) is 122 cm³/mol. The van der Waals surface area contributed by atoms with Gasteiger partial charge < -0.3 is 26.0 Å². The Morgan fingerprint density at radius 2 is 2.03 bits per heavy atom. The van der Waals surface area contributed by atoms with E-state index in [1.54, 1.807) is 19.2 Å². The quantitative estimate of drug-likeness (QED) is 0.488. The third-order valence-corrected chi connectivity index (χ3v) is 5.72. The summed E-state index contributed by atoms with van der Waals surface area (Å²) in [7, 11) is 3.66. The lowest BCUT2D eigenvalue weighted by Gasteiger charge is -2.26. The maximum atomic E-state index is 11.8. The van der Waals surface area contributed by atoms with Crippen LogP contribution < -0.4 is 21.1 Å². The lowest BCUT2D eigenvalue weighted by Crippen LogP contribution is -2.26. The Balaban J connectivity index is 1.66. The topological polar surface area (TPSA) is 118 Å². The molecule has 0 aliphatic carbocycles. The molecule has 4 N–H and O–H groups in total. The molecule has 0 saturated heterocycles. The molecule has 10 heteroatoms. The molecule has 0 fully saturated rings. The van der Waals surface area contributed by atoms with Crippen LogP contribution >= 0.6 is 15.9 Å². The molecule has 4 rings (SSSR count). The molecule has 31 heavy (non-hydrogen) atoms. The SMILES string of the molecule is COc1ccccc1Nc1nc(Nc2cc(Br)c3c(c2)CN(C)CC3)nnc1C(N)=O. The maximum Gasteiger partial charge on any atom is 0.273 e. The normalized spacial score (nSPS) is 13.4. The largest absolute Gasteiger partial charge is 0.495 e. The van der Waals surface area contributed by atoms with E-state index in [1.165, 1.54) is 11.1 Å². The highest BCUT2D eigenvalue weighted by atomic mass is 79.9. The average Bonchev–Trinajstić information content (AvgIpc) is 2.74. The molecule has 160 valence electrons. The lowest BCUT2D eigenvalue weighted by atomic mass is 9.99. The second kappa shape index (κ2) is 8.86. The number of primary amides is 1. The molecule has 0 atom stereocenters. The molecule has 0 spiro atoms. The van der Waals surface area contributed by atoms with Crippen molar-refractivity contribution >= 4 is 45.0 Å². The Morgan fingerprint density at radius 3 is 2.81 bits per heavy atom. The fourth-order valence-corrected chi connectivity index (χ4v) is 4.20. The minimum Gasteiger partial charge on any atom is -0.495 e. The zero-order valence-electron chi connectivity index (χ0n) is 17.1. The van der Waals surface area contributed by atoms with Crippen molar-refractivity contribution in [3.63, 3.8) is 0 Å². The number of rotatable bonds is 6. The van der Waals surface area contributed by atoms with Gasteiger partial charge in [0.25, 0.3) is 5.91 Å². The van der Waals surface area contributed by atoms with Crippen molar-refractivity contribution in [2.75, 3.05) is 31.3 Å². The fourth-order valence-electron chi connectivity index (χ4n) is 3.50. The Hall–Kier alpha value is -3.24. The molecule has 1 aliphatic rings. The highest BCUT2D eigenvalue weighted by Crippen LogP contribution is 2.31. The van der Waals surface area contributed by atoms with Gasteiger partial charge in [0.15, 0.2) is 11.5 Å². The van der Waals surface area contributed by atoms with E-state index in [9.17, 15) is 4.79 Å². The van der Waals surface area contributed by atoms with Gasteiger partial charge in [-0.2, -0.15) is 4.98 Å². The van der Waals surface area contributed by atoms with Crippen LogP contribution in [0, 0.1) is 0 Å². The number of methoxy groups -OCH3 is 1. The van der Waals surface area contributed by atoms with Crippen molar-refractivity contribution in [2.24, 2.45) is 5.73 Å². The molecule has 1 aliphatic heterocycles. The van der Waals surface area contributed by atoms with Crippen LogP contribution in [0.3, 0.4) is 0 Å². The number of hydrogen-bond donors (Lipinski definition) is 3. The molecule has 0 unspecified atom stereocenters. The second-order valence-electron chi connectivity index (χ2n) is 7.23. The monoisotopic (exact) mass is 483 g/mol. The molecule has 2 heterocycles. The van der Waals surface area contributed by atoms with Crippen LogP contribution in [0.4, 0.5) is 23.1 Å². The molecule has 0 bridgehead atoms. The van der Waals surface area contributed by atoms with Crippen molar-refractivity contribution in [2.45, 2.75) is 13.0 Å². The van der Waals surface area contributed by atoms with Crippen LogP contribution in [0.1, 0.15) is 21.6 Å². The maximum absolute atomic E-state index is 11.8. The van der Waals surface area contributed by atoms with Crippen LogP contribution in [-0.4, -0.2) is 46.7 Å². The fraction of sp³-hybridized carbons (Fsp3) is 0.238. The number of fused-ring (bicyclic) bond motifs is 1. The number of nitrogens with zero attached hydrogens (tertiary/aromatic N) is 4. The van der Waals surface area contributed by atoms with E-state index in [4.69, 9.17) is 10.5 Å². The number of ether oxygens (including phenoxy) is 1. The zero-order chi connectivity index (χ0) is 22.0. The molecule has 1 aromatic heterocycles. The van der Waals surface area contributed by atoms with Gasteiger partial charge in [0.05, 0.1) is 12.8 Å². The number of hydrogen-bond acceptors (Lipinski definition) is 8. The van der Waals surface area contributed by atoms with E-state index >= 15 is 0 Å². The third-order valence-electron chi connectivity index (χ3n) is 5.01. The van der Waals surface area contributed by atoms with Gasteiger partial charge >= 0.3 is 0 Å². The number of benzene rings is 2. The summed E-state index contributed by atoms with van der Waals surface area (Å²) in [4.78, 5) is 18.6. The van der Waals surface area contributed by atoms with E-state index in [2.05, 4.69) is 59.8 Å². The van der Waals surface area contributed by atoms with E-state index in [1.807, 2.05) is 18.2 Å². The van der Waals surface area contributed by atoms with Crippen molar-refractivity contribution in [1.82, 2.24) is 20.1 Å². The number of likely N-dealkylation sites (N-methyl/N-ethyl adjacent to an activating group) is 1. The number of nitrogens with two attached hydrogens (primary N) is 1. The zero-order valence-corrected chi connectivity index (χ0v) is 18.7. The van der Waals surface area contributed by atoms with Gasteiger partial charge in [-0.1, -0.05) is 28.1 Å². The van der Waals surface area contributed by atoms with Crippen LogP contribution in [0.2, 0.25) is 0 Å². The summed E-state index contributed by atoms with van der Waals surface area (Å²) in [6, 6.07) is 11.3. The molecular formula is C21H22BrN7O2. The Labute approximate surface area is 188 Å². The van der Waals surface area contributed by atoms with Crippen LogP contribution in [-0.2, 0) is 13.0 Å². The van der Waals surface area contributed by atoms with Crippen LogP contribution in [0.15, 0.2) is 40.9 Å². The molecule has 1 amide bonds. The summed E-state index contributed by atoms with van der Waals surface area (Å²) in [5.74, 6) is 0.280. The second-order valence-corrected chi connectivity index (χ2v) is 8.09. The molecule has 0 saturated carbocycles. The van der Waals surface area contributed by atoms with Crippen molar-refractivity contribution in [3.05, 3.63) is 57.7 Å². The average molecular weight is 484 g/mol. The highest BCUT2D eigenvalue weighted by molar-refractivity contribution is 9.10. The number of anilines is 4. The summed E-state index contributed by atoms with van der Waals surface area (Å²) >= 11 is 3.67. The molecule has 3 aromatic rings. The van der Waals surface area contributed by atoms with E-state index < -0.39 is 5.91 Å². The van der Waals surface area contributed by atoms with Gasteiger partial charge in [-0.3, -0.25) is 4.79 Å². The molecule has 9 nitrogen and oxygen atoms in total. The van der Waals surface area contributed by atoms with Crippen molar-refractivity contribution in [1.29, 1.82) is 0 Å². The Morgan fingerprint density at radius 1 is 1.23 bits per heavy atom. The van der Waals surface area contributed by atoms with Gasteiger partial charge in [-0.15, -0.1) is 10.2 Å². The summed E-state index contributed by atoms with van der Waals surface area (Å²) < 4.78 is 6.39. The third kappa shape index (κ3) is 4.59. The van der Waals surface area contributed by atoms with Gasteiger partial charge in [0.2, 0.25) is 5.95 Å². The van der Waals surface area contributed by atoms with Crippen LogP contribution in [0.5, 0.6) is 5.75 Å². The van der Waals surface area contributed by atoms with Crippen LogP contribution in [0.25, 0.3) is 0 Å². The summed E-state index contributed by atoms with van der Waals surface area (Å²) in [6.45, 7) is 1.89. The molecule has 2 aromatic carbocycles. The van der Waals surface area contributed by atoms with Gasteiger partial charge in [-0.05, 0) is 48.9 Å². The standard InChI is InChI=1S/C21H22BrN7O2/c1-29-8-7-14-12(11-29)9-13(10-15(14)22)24-21-26-20(18(19(23)30)27-28-21)25-16-5-3-4-6-17(16)31-2/h3-6,9-10H,7-8,11H2,1-2H3,(H2,23,30)(H2,24,25,26,28). The first-order valence-corrected chi connectivity index (χ1v) is 10.5. The van der Waals surface area contributed by atoms with Crippen molar-refractivity contribution in [3.8, 4) is 5.75 Å². The smallest absolute Gasteiger partial charge is 0.273 e. The highest BCUT2D eigenvalue weighted by Gasteiger charge is 2.19. The number of aromatic nitrogens is 3. The summed E-state index contributed by atoms with van der Waals surface area (Å²) in [5.41, 5.74) is 9.39. The van der Waals surface area contributed by atoms with E-state index in [0.717, 1.165) is 29.7 Å². The first-order valence-electron chi connectivity index (χ1n) is 9.66. The number of nitrogens with one attached hydrogen (secondary N) is 2. The van der Waals surface area contributed by atoms with Gasteiger partial charge in [0.1, 0.15) is 5.75 Å². The Bertz CT molecular complexity index is 1140. The van der Waals surface area contributed by atoms with E-state index in [-0.39, 0.29) is 17.5 Å².